The van der Waals surface area contributed by atoms with Crippen molar-refractivity contribution >= 4 is 6.03 Å². The van der Waals surface area contributed by atoms with Crippen LogP contribution in [0, 0.1) is 25.5 Å². The number of hydrogen-bond donors (Lipinski definition) is 2. The third kappa shape index (κ3) is 5.67. The van der Waals surface area contributed by atoms with Gasteiger partial charge in [0, 0.05) is 0 Å². The number of nitrogens with one attached hydrogen (secondary N) is 2. The average molecular weight is 457 g/mol. The van der Waals surface area contributed by atoms with Crippen molar-refractivity contribution < 1.29 is 13.6 Å². The van der Waals surface area contributed by atoms with Crippen LogP contribution >= 0.6 is 0 Å². The van der Waals surface area contributed by atoms with E-state index in [1.54, 1.807) is 24.3 Å². The van der Waals surface area contributed by atoms with Gasteiger partial charge in [-0.15, -0.1) is 0 Å². The summed E-state index contributed by atoms with van der Waals surface area (Å²) in [5.74, 6) is -0.761. The van der Waals surface area contributed by atoms with Gasteiger partial charge in [0.1, 0.15) is 11.6 Å². The van der Waals surface area contributed by atoms with Gasteiger partial charge in [0.2, 0.25) is 0 Å². The minimum atomic E-state index is -0.567. The van der Waals surface area contributed by atoms with Crippen LogP contribution in [0.3, 0.4) is 0 Å². The molecule has 0 spiro atoms. The summed E-state index contributed by atoms with van der Waals surface area (Å²) in [7, 11) is 0. The highest BCUT2D eigenvalue weighted by Gasteiger charge is 2.22. The van der Waals surface area contributed by atoms with Gasteiger partial charge < -0.3 is 10.6 Å². The Bertz CT molecular complexity index is 1170. The smallest absolute Gasteiger partial charge is 0.316 e. The van der Waals surface area contributed by atoms with E-state index in [0.717, 1.165) is 22.3 Å². The van der Waals surface area contributed by atoms with Crippen LogP contribution in [0.25, 0.3) is 0 Å². The number of carbonyl (C=O) groups excluding carboxylic acids is 1. The molecule has 4 rings (SSSR count). The van der Waals surface area contributed by atoms with Gasteiger partial charge in [-0.25, -0.2) is 13.6 Å². The maximum Gasteiger partial charge on any atom is 0.316 e. The third-order valence-electron chi connectivity index (χ3n) is 5.74. The second-order valence-electron chi connectivity index (χ2n) is 8.42. The average Bonchev–Trinajstić information content (AvgIpc) is 2.82. The van der Waals surface area contributed by atoms with Gasteiger partial charge in [-0.2, -0.15) is 0 Å². The second-order valence-corrected chi connectivity index (χ2v) is 8.42. The number of amides is 2. The van der Waals surface area contributed by atoms with Gasteiger partial charge in [-0.05, 0) is 60.4 Å². The molecule has 34 heavy (non-hydrogen) atoms. The van der Waals surface area contributed by atoms with Gasteiger partial charge in [-0.3, -0.25) is 0 Å². The van der Waals surface area contributed by atoms with Gasteiger partial charge in [-0.1, -0.05) is 83.9 Å². The van der Waals surface area contributed by atoms with E-state index in [1.165, 1.54) is 24.3 Å². The summed E-state index contributed by atoms with van der Waals surface area (Å²) in [4.78, 5) is 13.3. The Morgan fingerprint density at radius 1 is 0.588 bits per heavy atom. The SMILES string of the molecule is Cc1ccc(C(NC(=O)NC(c2ccc(C)cc2)c2cccc(F)c2)c2cccc(F)c2)cc1. The van der Waals surface area contributed by atoms with Crippen molar-refractivity contribution in [3.05, 3.63) is 142 Å². The monoisotopic (exact) mass is 456 g/mol. The lowest BCUT2D eigenvalue weighted by molar-refractivity contribution is 0.236. The fraction of sp³-hybridized carbons (Fsp3) is 0.138. The number of hydrogen-bond acceptors (Lipinski definition) is 1. The summed E-state index contributed by atoms with van der Waals surface area (Å²) < 4.78 is 28.0. The fourth-order valence-electron chi connectivity index (χ4n) is 3.91. The quantitative estimate of drug-likeness (QED) is 0.331. The number of urea groups is 1. The van der Waals surface area contributed by atoms with Crippen LogP contribution in [0.1, 0.15) is 45.5 Å². The molecule has 5 heteroatoms. The van der Waals surface area contributed by atoms with Crippen molar-refractivity contribution in [3.63, 3.8) is 0 Å². The van der Waals surface area contributed by atoms with E-state index in [1.807, 2.05) is 62.4 Å². The normalized spacial score (nSPS) is 12.6. The lowest BCUT2D eigenvalue weighted by Crippen LogP contribution is -2.40. The molecule has 0 aliphatic rings. The highest BCUT2D eigenvalue weighted by Crippen LogP contribution is 2.26. The Hall–Kier alpha value is -3.99. The van der Waals surface area contributed by atoms with E-state index in [2.05, 4.69) is 10.6 Å². The van der Waals surface area contributed by atoms with Crippen molar-refractivity contribution in [2.45, 2.75) is 25.9 Å². The zero-order chi connectivity index (χ0) is 24.1. The van der Waals surface area contributed by atoms with Crippen LogP contribution in [-0.2, 0) is 0 Å². The van der Waals surface area contributed by atoms with Gasteiger partial charge in [0.15, 0.2) is 0 Å². The summed E-state index contributed by atoms with van der Waals surface area (Å²) in [5, 5.41) is 5.96. The molecule has 4 aromatic rings. The zero-order valence-electron chi connectivity index (χ0n) is 19.1. The summed E-state index contributed by atoms with van der Waals surface area (Å²) in [5.41, 5.74) is 5.05. The van der Waals surface area contributed by atoms with Crippen molar-refractivity contribution in [1.82, 2.24) is 10.6 Å². The first kappa shape index (κ1) is 23.2. The molecule has 2 atom stereocenters. The number of carbonyl (C=O) groups is 1. The maximum absolute atomic E-state index is 14.0. The Balaban J connectivity index is 1.65. The van der Waals surface area contributed by atoms with Crippen molar-refractivity contribution in [2.75, 3.05) is 0 Å². The van der Waals surface area contributed by atoms with E-state index in [0.29, 0.717) is 11.1 Å². The summed E-state index contributed by atoms with van der Waals surface area (Å²) in [6.45, 7) is 3.96. The largest absolute Gasteiger partial charge is 0.327 e. The first-order chi connectivity index (χ1) is 16.4. The van der Waals surface area contributed by atoms with Crippen LogP contribution in [-0.4, -0.2) is 6.03 Å². The highest BCUT2D eigenvalue weighted by atomic mass is 19.1. The molecular weight excluding hydrogens is 430 g/mol. The Morgan fingerprint density at radius 2 is 0.971 bits per heavy atom. The van der Waals surface area contributed by atoms with Gasteiger partial charge in [0.05, 0.1) is 12.1 Å². The zero-order valence-corrected chi connectivity index (χ0v) is 19.1. The molecule has 0 saturated carbocycles. The lowest BCUT2D eigenvalue weighted by atomic mass is 9.97. The molecule has 0 heterocycles. The fourth-order valence-corrected chi connectivity index (χ4v) is 3.91. The summed E-state index contributed by atoms with van der Waals surface area (Å²) in [6.07, 6.45) is 0. The molecule has 0 radical (unpaired) electrons. The van der Waals surface area contributed by atoms with E-state index in [9.17, 15) is 13.6 Å². The van der Waals surface area contributed by atoms with Crippen molar-refractivity contribution in [1.29, 1.82) is 0 Å². The van der Waals surface area contributed by atoms with Crippen molar-refractivity contribution in [2.24, 2.45) is 0 Å². The van der Waals surface area contributed by atoms with Gasteiger partial charge in [0.25, 0.3) is 0 Å². The number of aryl methyl sites for hydroxylation is 2. The van der Waals surface area contributed by atoms with Crippen LogP contribution in [0.4, 0.5) is 13.6 Å². The van der Waals surface area contributed by atoms with Gasteiger partial charge >= 0.3 is 6.03 Å². The molecule has 2 N–H and O–H groups in total. The third-order valence-corrected chi connectivity index (χ3v) is 5.74. The predicted molar refractivity (Wildman–Crippen MR) is 131 cm³/mol. The second kappa shape index (κ2) is 10.3. The first-order valence-corrected chi connectivity index (χ1v) is 11.1. The first-order valence-electron chi connectivity index (χ1n) is 11.1. The van der Waals surface area contributed by atoms with Crippen LogP contribution in [0.15, 0.2) is 97.1 Å². The maximum atomic E-state index is 14.0. The predicted octanol–water partition coefficient (Wildman–Crippen LogP) is 6.76. The molecule has 0 bridgehead atoms. The summed E-state index contributed by atoms with van der Waals surface area (Å²) in [6, 6.07) is 26.2. The van der Waals surface area contributed by atoms with E-state index in [-0.39, 0.29) is 11.6 Å². The molecule has 0 saturated heterocycles. The van der Waals surface area contributed by atoms with Crippen molar-refractivity contribution in [3.8, 4) is 0 Å². The van der Waals surface area contributed by atoms with E-state index >= 15 is 0 Å². The minimum absolute atomic E-state index is 0.380. The molecule has 4 aromatic carbocycles. The molecule has 0 aliphatic heterocycles. The molecule has 2 unspecified atom stereocenters. The number of halogens is 2. The molecule has 172 valence electrons. The summed E-state index contributed by atoms with van der Waals surface area (Å²) >= 11 is 0. The molecule has 3 nitrogen and oxygen atoms in total. The highest BCUT2D eigenvalue weighted by molar-refractivity contribution is 5.76. The molecule has 0 aliphatic carbocycles. The van der Waals surface area contributed by atoms with E-state index in [4.69, 9.17) is 0 Å². The van der Waals surface area contributed by atoms with Crippen LogP contribution < -0.4 is 10.6 Å². The number of benzene rings is 4. The molecular formula is C29H26F2N2O. The standard InChI is InChI=1S/C29H26F2N2O/c1-19-9-13-21(14-10-19)27(23-5-3-7-25(30)17-23)32-29(34)33-28(22-15-11-20(2)12-16-22)24-6-4-8-26(31)18-24/h3-18,27-28H,1-2H3,(H2,32,33,34). The lowest BCUT2D eigenvalue weighted by Gasteiger charge is -2.24. The van der Waals surface area contributed by atoms with E-state index < -0.39 is 18.1 Å². The Morgan fingerprint density at radius 3 is 1.32 bits per heavy atom. The number of rotatable bonds is 6. The Labute approximate surface area is 198 Å². The minimum Gasteiger partial charge on any atom is -0.327 e. The van der Waals surface area contributed by atoms with Crippen LogP contribution in [0.2, 0.25) is 0 Å². The molecule has 0 aromatic heterocycles. The van der Waals surface area contributed by atoms with Crippen LogP contribution in [0.5, 0.6) is 0 Å². The topological polar surface area (TPSA) is 41.1 Å². The molecule has 2 amide bonds. The molecule has 0 fully saturated rings. The Kier molecular flexibility index (Phi) is 7.02.